The molecule has 19 heavy (non-hydrogen) atoms. The molecule has 0 aliphatic heterocycles. The third-order valence-corrected chi connectivity index (χ3v) is 2.34. The minimum Gasteiger partial charge on any atom is -0.393 e. The zero-order chi connectivity index (χ0) is 14.5. The highest BCUT2D eigenvalue weighted by Gasteiger charge is 2.33. The van der Waals surface area contributed by atoms with Crippen LogP contribution in [0.3, 0.4) is 0 Å². The van der Waals surface area contributed by atoms with E-state index in [1.807, 2.05) is 0 Å². The number of nitrogens with one attached hydrogen (secondary N) is 2. The maximum atomic E-state index is 12.6. The Morgan fingerprint density at radius 3 is 2.58 bits per heavy atom. The van der Waals surface area contributed by atoms with Crippen LogP contribution in [0.5, 0.6) is 0 Å². The number of aromatic nitrogens is 2. The lowest BCUT2D eigenvalue weighted by Gasteiger charge is -2.11. The molecular formula is C11H17F3N4O. The van der Waals surface area contributed by atoms with E-state index in [4.69, 9.17) is 5.11 Å². The molecule has 1 rings (SSSR count). The van der Waals surface area contributed by atoms with E-state index >= 15 is 0 Å². The van der Waals surface area contributed by atoms with E-state index in [9.17, 15) is 13.2 Å². The van der Waals surface area contributed by atoms with Gasteiger partial charge >= 0.3 is 6.18 Å². The highest BCUT2D eigenvalue weighted by molar-refractivity contribution is 5.42. The van der Waals surface area contributed by atoms with Crippen molar-refractivity contribution in [2.45, 2.75) is 32.0 Å². The van der Waals surface area contributed by atoms with Gasteiger partial charge in [0, 0.05) is 19.7 Å². The Hall–Kier alpha value is -1.57. The largest absolute Gasteiger partial charge is 0.433 e. The van der Waals surface area contributed by atoms with Gasteiger partial charge in [0.2, 0.25) is 5.95 Å². The van der Waals surface area contributed by atoms with Gasteiger partial charge in [0.25, 0.3) is 0 Å². The molecule has 0 aromatic carbocycles. The van der Waals surface area contributed by atoms with E-state index in [-0.39, 0.29) is 11.8 Å². The van der Waals surface area contributed by atoms with Gasteiger partial charge in [-0.1, -0.05) is 0 Å². The zero-order valence-corrected chi connectivity index (χ0v) is 10.8. The van der Waals surface area contributed by atoms with Crippen LogP contribution in [0, 0.1) is 0 Å². The lowest BCUT2D eigenvalue weighted by Crippen LogP contribution is -2.14. The van der Waals surface area contributed by atoms with Crippen LogP contribution in [0.4, 0.5) is 24.9 Å². The number of anilines is 2. The van der Waals surface area contributed by atoms with Gasteiger partial charge < -0.3 is 15.7 Å². The molecule has 0 bridgehead atoms. The first-order chi connectivity index (χ1) is 8.82. The van der Waals surface area contributed by atoms with Crippen molar-refractivity contribution < 1.29 is 18.3 Å². The second kappa shape index (κ2) is 6.55. The van der Waals surface area contributed by atoms with Gasteiger partial charge in [-0.05, 0) is 19.8 Å². The molecule has 8 heteroatoms. The van der Waals surface area contributed by atoms with Crippen LogP contribution in [-0.2, 0) is 6.18 Å². The van der Waals surface area contributed by atoms with Gasteiger partial charge in [-0.2, -0.15) is 18.2 Å². The predicted molar refractivity (Wildman–Crippen MR) is 66.0 cm³/mol. The van der Waals surface area contributed by atoms with Crippen LogP contribution in [0.1, 0.15) is 25.5 Å². The van der Waals surface area contributed by atoms with E-state index in [0.717, 1.165) is 6.07 Å². The van der Waals surface area contributed by atoms with Crippen LogP contribution in [0.25, 0.3) is 0 Å². The summed E-state index contributed by atoms with van der Waals surface area (Å²) in [4.78, 5) is 7.24. The lowest BCUT2D eigenvalue weighted by atomic mass is 10.2. The number of aliphatic hydroxyl groups is 1. The molecule has 0 saturated carbocycles. The third kappa shape index (κ3) is 5.29. The normalized spacial score (nSPS) is 13.2. The maximum Gasteiger partial charge on any atom is 0.433 e. The molecule has 108 valence electrons. The number of alkyl halides is 3. The average molecular weight is 278 g/mol. The highest BCUT2D eigenvalue weighted by atomic mass is 19.4. The van der Waals surface area contributed by atoms with Gasteiger partial charge in [0.05, 0.1) is 6.10 Å². The van der Waals surface area contributed by atoms with Crippen molar-refractivity contribution in [2.24, 2.45) is 0 Å². The lowest BCUT2D eigenvalue weighted by molar-refractivity contribution is -0.141. The minimum absolute atomic E-state index is 0.0900. The van der Waals surface area contributed by atoms with Crippen LogP contribution in [0.15, 0.2) is 6.07 Å². The van der Waals surface area contributed by atoms with E-state index < -0.39 is 18.0 Å². The van der Waals surface area contributed by atoms with E-state index in [1.165, 1.54) is 7.05 Å². The number of halogens is 3. The van der Waals surface area contributed by atoms with Crippen LogP contribution in [-0.4, -0.2) is 34.8 Å². The molecule has 0 amide bonds. The molecule has 0 aliphatic carbocycles. The van der Waals surface area contributed by atoms with Gasteiger partial charge in [-0.15, -0.1) is 0 Å². The molecule has 1 aromatic heterocycles. The SMILES string of the molecule is CNc1nc(NCCCC(C)O)cc(C(F)(F)F)n1. The second-order valence-corrected chi connectivity index (χ2v) is 4.13. The molecular weight excluding hydrogens is 261 g/mol. The van der Waals surface area contributed by atoms with E-state index in [1.54, 1.807) is 6.92 Å². The Bertz CT molecular complexity index is 409. The monoisotopic (exact) mass is 278 g/mol. The fraction of sp³-hybridized carbons (Fsp3) is 0.636. The molecule has 5 nitrogen and oxygen atoms in total. The number of aliphatic hydroxyl groups excluding tert-OH is 1. The van der Waals surface area contributed by atoms with Gasteiger partial charge in [0.15, 0.2) is 5.69 Å². The summed E-state index contributed by atoms with van der Waals surface area (Å²) in [6.45, 7) is 2.09. The molecule has 3 N–H and O–H groups in total. The first-order valence-electron chi connectivity index (χ1n) is 5.89. The molecule has 1 aromatic rings. The summed E-state index contributed by atoms with van der Waals surface area (Å²) < 4.78 is 37.8. The summed E-state index contributed by atoms with van der Waals surface area (Å²) in [7, 11) is 1.45. The molecule has 1 heterocycles. The Balaban J connectivity index is 2.72. The first kappa shape index (κ1) is 15.5. The number of nitrogens with zero attached hydrogens (tertiary/aromatic N) is 2. The Labute approximate surface area is 109 Å². The maximum absolute atomic E-state index is 12.6. The molecule has 0 radical (unpaired) electrons. The fourth-order valence-electron chi connectivity index (χ4n) is 1.41. The first-order valence-corrected chi connectivity index (χ1v) is 5.89. The topological polar surface area (TPSA) is 70.1 Å². The van der Waals surface area contributed by atoms with Crippen LogP contribution in [0.2, 0.25) is 0 Å². The second-order valence-electron chi connectivity index (χ2n) is 4.13. The van der Waals surface area contributed by atoms with Gasteiger partial charge in [-0.25, -0.2) is 4.98 Å². The molecule has 0 fully saturated rings. The zero-order valence-electron chi connectivity index (χ0n) is 10.8. The van der Waals surface area contributed by atoms with Crippen molar-refractivity contribution in [3.63, 3.8) is 0 Å². The van der Waals surface area contributed by atoms with Crippen molar-refractivity contribution in [3.05, 3.63) is 11.8 Å². The van der Waals surface area contributed by atoms with E-state index in [2.05, 4.69) is 20.6 Å². The van der Waals surface area contributed by atoms with Crippen molar-refractivity contribution in [2.75, 3.05) is 24.2 Å². The summed E-state index contributed by atoms with van der Waals surface area (Å²) in [5.41, 5.74) is -0.995. The van der Waals surface area contributed by atoms with Crippen LogP contribution >= 0.6 is 0 Å². The molecule has 0 spiro atoms. The highest BCUT2D eigenvalue weighted by Crippen LogP contribution is 2.29. The summed E-state index contributed by atoms with van der Waals surface area (Å²) in [6, 6.07) is 0.864. The number of hydrogen-bond acceptors (Lipinski definition) is 5. The smallest absolute Gasteiger partial charge is 0.393 e. The Morgan fingerprint density at radius 1 is 1.37 bits per heavy atom. The minimum atomic E-state index is -4.51. The summed E-state index contributed by atoms with van der Waals surface area (Å²) in [5.74, 6) is 0.0186. The van der Waals surface area contributed by atoms with Crippen molar-refractivity contribution in [1.29, 1.82) is 0 Å². The quantitative estimate of drug-likeness (QED) is 0.695. The third-order valence-electron chi connectivity index (χ3n) is 2.34. The van der Waals surface area contributed by atoms with E-state index in [0.29, 0.717) is 19.4 Å². The summed E-state index contributed by atoms with van der Waals surface area (Å²) >= 11 is 0. The number of rotatable bonds is 6. The molecule has 1 unspecified atom stereocenters. The molecule has 0 saturated heterocycles. The van der Waals surface area contributed by atoms with Crippen molar-refractivity contribution in [1.82, 2.24) is 9.97 Å². The van der Waals surface area contributed by atoms with Crippen molar-refractivity contribution in [3.8, 4) is 0 Å². The van der Waals surface area contributed by atoms with Crippen molar-refractivity contribution >= 4 is 11.8 Å². The fourth-order valence-corrected chi connectivity index (χ4v) is 1.41. The standard InChI is InChI=1S/C11H17F3N4O/c1-7(19)4-3-5-16-9-6-8(11(12,13)14)17-10(15-2)18-9/h6-7,19H,3-5H2,1-2H3,(H2,15,16,17,18). The van der Waals surface area contributed by atoms with Gasteiger partial charge in [0.1, 0.15) is 5.82 Å². The average Bonchev–Trinajstić information content (AvgIpc) is 2.33. The Morgan fingerprint density at radius 2 is 2.05 bits per heavy atom. The summed E-state index contributed by atoms with van der Waals surface area (Å²) in [5, 5.41) is 14.3. The predicted octanol–water partition coefficient (Wildman–Crippen LogP) is 2.11. The van der Waals surface area contributed by atoms with Crippen LogP contribution < -0.4 is 10.6 Å². The molecule has 0 aliphatic rings. The van der Waals surface area contributed by atoms with Gasteiger partial charge in [-0.3, -0.25) is 0 Å². The molecule has 1 atom stereocenters. The summed E-state index contributed by atoms with van der Waals surface area (Å²) in [6.07, 6.45) is -3.73. The Kier molecular flexibility index (Phi) is 5.34. The number of hydrogen-bond donors (Lipinski definition) is 3.